The quantitative estimate of drug-likeness (QED) is 0.370. The van der Waals surface area contributed by atoms with Crippen LogP contribution in [0.4, 0.5) is 10.5 Å². The van der Waals surface area contributed by atoms with E-state index in [1.54, 1.807) is 42.5 Å². The molecule has 0 saturated heterocycles. The van der Waals surface area contributed by atoms with Crippen LogP contribution in [0.25, 0.3) is 0 Å². The minimum atomic E-state index is -0.774. The van der Waals surface area contributed by atoms with Gasteiger partial charge in [0.1, 0.15) is 0 Å². The first-order chi connectivity index (χ1) is 15.8. The number of nitrogens with zero attached hydrogens (tertiary/aromatic N) is 2. The van der Waals surface area contributed by atoms with Crippen LogP contribution in [-0.4, -0.2) is 34.4 Å². The normalized spacial score (nSPS) is 12.6. The van der Waals surface area contributed by atoms with Gasteiger partial charge in [-0.1, -0.05) is 48.0 Å². The fourth-order valence-electron chi connectivity index (χ4n) is 3.68. The van der Waals surface area contributed by atoms with E-state index in [9.17, 15) is 19.2 Å². The first kappa shape index (κ1) is 23.0. The highest BCUT2D eigenvalue weighted by Crippen LogP contribution is 2.27. The Morgan fingerprint density at radius 3 is 2.00 bits per heavy atom. The van der Waals surface area contributed by atoms with Crippen molar-refractivity contribution in [3.8, 4) is 0 Å². The van der Waals surface area contributed by atoms with Crippen LogP contribution in [0.3, 0.4) is 0 Å². The molecule has 6 nitrogen and oxygen atoms in total. The summed E-state index contributed by atoms with van der Waals surface area (Å²) in [6.45, 7) is 0.0444. The number of halogens is 2. The number of fused-ring (bicyclic) bond motifs is 1. The van der Waals surface area contributed by atoms with E-state index in [4.69, 9.17) is 23.2 Å². The van der Waals surface area contributed by atoms with Crippen LogP contribution in [0.2, 0.25) is 10.0 Å². The third-order valence-corrected chi connectivity index (χ3v) is 5.95. The summed E-state index contributed by atoms with van der Waals surface area (Å²) in [5.74, 6) is -1.40. The lowest BCUT2D eigenvalue weighted by atomic mass is 10.0. The van der Waals surface area contributed by atoms with Gasteiger partial charge < -0.3 is 0 Å². The number of hydrogen-bond acceptors (Lipinski definition) is 4. The Morgan fingerprint density at radius 2 is 1.42 bits per heavy atom. The predicted octanol–water partition coefficient (Wildman–Crippen LogP) is 5.53. The SMILES string of the molecule is O=C1c2ccccc2C(=O)N1CCc1cc(Cl)ccc1C(=O)N(C(=O)S)c1ccc(Cl)cc1. The predicted molar refractivity (Wildman–Crippen MR) is 130 cm³/mol. The van der Waals surface area contributed by atoms with Crippen LogP contribution in [0.5, 0.6) is 0 Å². The molecule has 0 atom stereocenters. The van der Waals surface area contributed by atoms with Gasteiger partial charge >= 0.3 is 0 Å². The van der Waals surface area contributed by atoms with E-state index < -0.39 is 11.1 Å². The van der Waals surface area contributed by atoms with E-state index in [0.717, 1.165) is 9.80 Å². The van der Waals surface area contributed by atoms with E-state index in [-0.39, 0.29) is 30.3 Å². The molecule has 166 valence electrons. The summed E-state index contributed by atoms with van der Waals surface area (Å²) >= 11 is 15.9. The molecule has 0 aromatic heterocycles. The Balaban J connectivity index is 1.62. The van der Waals surface area contributed by atoms with Crippen molar-refractivity contribution in [1.29, 1.82) is 0 Å². The topological polar surface area (TPSA) is 74.8 Å². The van der Waals surface area contributed by atoms with Crippen LogP contribution >= 0.6 is 35.8 Å². The fraction of sp³-hybridized carbons (Fsp3) is 0.0833. The van der Waals surface area contributed by atoms with Crippen molar-refractivity contribution in [1.82, 2.24) is 4.90 Å². The molecule has 9 heteroatoms. The lowest BCUT2D eigenvalue weighted by molar-refractivity contribution is 0.0656. The van der Waals surface area contributed by atoms with Crippen LogP contribution in [0, 0.1) is 0 Å². The highest BCUT2D eigenvalue weighted by atomic mass is 35.5. The molecule has 4 amide bonds. The molecule has 3 aromatic rings. The molecule has 1 aliphatic heterocycles. The van der Waals surface area contributed by atoms with Crippen LogP contribution in [-0.2, 0) is 6.42 Å². The molecule has 1 aliphatic rings. The molecule has 0 spiro atoms. The van der Waals surface area contributed by atoms with Crippen molar-refractivity contribution in [3.63, 3.8) is 0 Å². The Kier molecular flexibility index (Phi) is 6.56. The summed E-state index contributed by atoms with van der Waals surface area (Å²) in [4.78, 5) is 52.9. The summed E-state index contributed by atoms with van der Waals surface area (Å²) in [7, 11) is 0. The summed E-state index contributed by atoms with van der Waals surface area (Å²) < 4.78 is 0. The number of amides is 4. The second-order valence-electron chi connectivity index (χ2n) is 7.26. The number of rotatable bonds is 5. The number of benzene rings is 3. The van der Waals surface area contributed by atoms with Gasteiger partial charge in [0.05, 0.1) is 16.8 Å². The minimum Gasteiger partial charge on any atom is -0.274 e. The molecule has 0 aliphatic carbocycles. The highest BCUT2D eigenvalue weighted by Gasteiger charge is 2.35. The molecule has 0 N–H and O–H groups in total. The van der Waals surface area contributed by atoms with Gasteiger partial charge in [-0.2, -0.15) is 0 Å². The molecule has 4 rings (SSSR count). The number of anilines is 1. The zero-order valence-electron chi connectivity index (χ0n) is 17.0. The average molecular weight is 499 g/mol. The second-order valence-corrected chi connectivity index (χ2v) is 8.51. The lowest BCUT2D eigenvalue weighted by Gasteiger charge is -2.21. The Bertz CT molecular complexity index is 1260. The van der Waals surface area contributed by atoms with Gasteiger partial charge in [-0.15, -0.1) is 0 Å². The first-order valence-electron chi connectivity index (χ1n) is 9.84. The summed E-state index contributed by atoms with van der Waals surface area (Å²) in [6.07, 6.45) is 0.169. The number of carbonyl (C=O) groups excluding carboxylic acids is 4. The lowest BCUT2D eigenvalue weighted by Crippen LogP contribution is -2.35. The molecule has 0 saturated carbocycles. The zero-order valence-corrected chi connectivity index (χ0v) is 19.4. The molecule has 0 bridgehead atoms. The Labute approximate surface area is 205 Å². The molecular formula is C24H16Cl2N2O4S. The number of thiol groups is 1. The first-order valence-corrected chi connectivity index (χ1v) is 11.0. The van der Waals surface area contributed by atoms with Gasteiger partial charge in [-0.3, -0.25) is 24.1 Å². The van der Waals surface area contributed by atoms with Crippen molar-refractivity contribution in [2.24, 2.45) is 0 Å². The minimum absolute atomic E-state index is 0.0444. The van der Waals surface area contributed by atoms with Crippen molar-refractivity contribution in [2.75, 3.05) is 11.4 Å². The van der Waals surface area contributed by atoms with Crippen molar-refractivity contribution >= 4 is 64.5 Å². The van der Waals surface area contributed by atoms with Gasteiger partial charge in [0.25, 0.3) is 23.0 Å². The van der Waals surface area contributed by atoms with E-state index in [1.165, 1.54) is 24.3 Å². The van der Waals surface area contributed by atoms with Crippen LogP contribution in [0.1, 0.15) is 36.6 Å². The monoisotopic (exact) mass is 498 g/mol. The molecule has 1 heterocycles. The number of carbonyl (C=O) groups is 4. The fourth-order valence-corrected chi connectivity index (χ4v) is 4.20. The third kappa shape index (κ3) is 4.53. The summed E-state index contributed by atoms with van der Waals surface area (Å²) in [6, 6.07) is 17.4. The average Bonchev–Trinajstić information content (AvgIpc) is 3.03. The highest BCUT2D eigenvalue weighted by molar-refractivity contribution is 7.97. The van der Waals surface area contributed by atoms with Gasteiger partial charge in [-0.05, 0) is 66.6 Å². The van der Waals surface area contributed by atoms with Crippen LogP contribution < -0.4 is 4.90 Å². The molecule has 0 unspecified atom stereocenters. The molecule has 3 aromatic carbocycles. The molecule has 0 radical (unpaired) electrons. The maximum absolute atomic E-state index is 13.3. The van der Waals surface area contributed by atoms with Crippen LogP contribution in [0.15, 0.2) is 66.7 Å². The maximum Gasteiger partial charge on any atom is 0.290 e. The van der Waals surface area contributed by atoms with Gasteiger partial charge in [0.2, 0.25) is 0 Å². The van der Waals surface area contributed by atoms with Crippen molar-refractivity contribution < 1.29 is 19.2 Å². The number of imide groups is 2. The Hall–Kier alpha value is -3.13. The number of hydrogen-bond donors (Lipinski definition) is 1. The smallest absolute Gasteiger partial charge is 0.274 e. The van der Waals surface area contributed by atoms with E-state index in [0.29, 0.717) is 32.4 Å². The van der Waals surface area contributed by atoms with E-state index in [1.807, 2.05) is 0 Å². The van der Waals surface area contributed by atoms with Gasteiger partial charge in [0.15, 0.2) is 0 Å². The van der Waals surface area contributed by atoms with Gasteiger partial charge in [0, 0.05) is 22.2 Å². The molecule has 33 heavy (non-hydrogen) atoms. The standard InChI is InChI=1S/C24H16Cl2N2O4S/c25-15-5-8-17(9-6-15)28(24(32)33)23(31)18-10-7-16(26)13-14(18)11-12-27-21(29)19-3-1-2-4-20(19)22(27)30/h1-10,13H,11-12H2,(H,32,33). The zero-order chi connectivity index (χ0) is 23.7. The molecular weight excluding hydrogens is 483 g/mol. The largest absolute Gasteiger partial charge is 0.290 e. The summed E-state index contributed by atoms with van der Waals surface area (Å²) in [5.41, 5.74) is 1.68. The van der Waals surface area contributed by atoms with Crippen molar-refractivity contribution in [2.45, 2.75) is 6.42 Å². The summed E-state index contributed by atoms with van der Waals surface area (Å²) in [5, 5.41) is 0.0496. The third-order valence-electron chi connectivity index (χ3n) is 5.26. The molecule has 0 fully saturated rings. The second kappa shape index (κ2) is 9.39. The van der Waals surface area contributed by atoms with Gasteiger partial charge in [-0.25, -0.2) is 4.90 Å². The maximum atomic E-state index is 13.3. The van der Waals surface area contributed by atoms with E-state index in [2.05, 4.69) is 12.6 Å². The Morgan fingerprint density at radius 1 is 0.848 bits per heavy atom. The van der Waals surface area contributed by atoms with Crippen molar-refractivity contribution in [3.05, 3.63) is 99.0 Å². The van der Waals surface area contributed by atoms with E-state index >= 15 is 0 Å².